The standard InChI is InChI=1S/C16H20N2O3/c1-20-14-4-2-3-11-7-12(9-21-15(11)14)16(19)18-13(8-17)10-5-6-10/h2-4,7,10,13H,5-6,8-9,17H2,1H3,(H,18,19). The number of para-hydroxylation sites is 1. The number of rotatable bonds is 5. The molecule has 3 N–H and O–H groups in total. The molecule has 5 heteroatoms. The zero-order valence-corrected chi connectivity index (χ0v) is 12.1. The molecule has 3 rings (SSSR count). The minimum atomic E-state index is -0.0918. The predicted molar refractivity (Wildman–Crippen MR) is 80.2 cm³/mol. The molecule has 112 valence electrons. The van der Waals surface area contributed by atoms with E-state index in [4.69, 9.17) is 15.2 Å². The Hall–Kier alpha value is -2.01. The number of amides is 1. The van der Waals surface area contributed by atoms with Gasteiger partial charge in [0.25, 0.3) is 5.91 Å². The Kier molecular flexibility index (Phi) is 3.84. The number of benzene rings is 1. The van der Waals surface area contributed by atoms with Gasteiger partial charge in [-0.3, -0.25) is 4.79 Å². The van der Waals surface area contributed by atoms with Gasteiger partial charge in [0.1, 0.15) is 6.61 Å². The molecular formula is C16H20N2O3. The second-order valence-electron chi connectivity index (χ2n) is 5.49. The summed E-state index contributed by atoms with van der Waals surface area (Å²) < 4.78 is 10.9. The van der Waals surface area contributed by atoms with Crippen LogP contribution in [0.4, 0.5) is 0 Å². The van der Waals surface area contributed by atoms with E-state index in [0.29, 0.717) is 29.5 Å². The SMILES string of the molecule is COc1cccc2c1OCC(C(=O)NC(CN)C1CC1)=C2. The summed E-state index contributed by atoms with van der Waals surface area (Å²) in [6.45, 7) is 0.732. The fourth-order valence-electron chi connectivity index (χ4n) is 2.60. The number of carbonyl (C=O) groups excluding carboxylic acids is 1. The molecule has 0 radical (unpaired) electrons. The molecule has 1 aliphatic heterocycles. The van der Waals surface area contributed by atoms with Crippen molar-refractivity contribution in [3.8, 4) is 11.5 Å². The molecule has 0 bridgehead atoms. The quantitative estimate of drug-likeness (QED) is 0.857. The average Bonchev–Trinajstić information content (AvgIpc) is 3.35. The number of hydrogen-bond acceptors (Lipinski definition) is 4. The molecule has 1 saturated carbocycles. The van der Waals surface area contributed by atoms with E-state index in [1.165, 1.54) is 0 Å². The summed E-state index contributed by atoms with van der Waals surface area (Å²) in [5.41, 5.74) is 7.21. The van der Waals surface area contributed by atoms with Crippen molar-refractivity contribution in [1.82, 2.24) is 5.32 Å². The van der Waals surface area contributed by atoms with Crippen LogP contribution < -0.4 is 20.5 Å². The van der Waals surface area contributed by atoms with E-state index in [9.17, 15) is 4.79 Å². The second-order valence-corrected chi connectivity index (χ2v) is 5.49. The van der Waals surface area contributed by atoms with Crippen LogP contribution >= 0.6 is 0 Å². The molecule has 1 aromatic carbocycles. The van der Waals surface area contributed by atoms with Gasteiger partial charge in [-0.1, -0.05) is 12.1 Å². The van der Waals surface area contributed by atoms with Crippen LogP contribution in [0.2, 0.25) is 0 Å². The first-order valence-electron chi connectivity index (χ1n) is 7.24. The van der Waals surface area contributed by atoms with Crippen LogP contribution in [0.15, 0.2) is 23.8 Å². The van der Waals surface area contributed by atoms with E-state index < -0.39 is 0 Å². The van der Waals surface area contributed by atoms with Crippen LogP contribution in [0, 0.1) is 5.92 Å². The van der Waals surface area contributed by atoms with Crippen molar-refractivity contribution in [3.63, 3.8) is 0 Å². The number of fused-ring (bicyclic) bond motifs is 1. The lowest BCUT2D eigenvalue weighted by Gasteiger charge is -2.22. The van der Waals surface area contributed by atoms with Crippen LogP contribution in [-0.2, 0) is 4.79 Å². The zero-order valence-electron chi connectivity index (χ0n) is 12.1. The summed E-state index contributed by atoms with van der Waals surface area (Å²) in [5.74, 6) is 1.82. The van der Waals surface area contributed by atoms with Gasteiger partial charge in [0.15, 0.2) is 11.5 Å². The maximum Gasteiger partial charge on any atom is 0.250 e. The lowest BCUT2D eigenvalue weighted by molar-refractivity contribution is -0.118. The summed E-state index contributed by atoms with van der Waals surface area (Å²) >= 11 is 0. The molecule has 0 saturated heterocycles. The van der Waals surface area contributed by atoms with Gasteiger partial charge in [0, 0.05) is 18.2 Å². The van der Waals surface area contributed by atoms with Gasteiger partial charge in [-0.2, -0.15) is 0 Å². The Morgan fingerprint density at radius 1 is 1.52 bits per heavy atom. The van der Waals surface area contributed by atoms with Gasteiger partial charge < -0.3 is 20.5 Å². The second kappa shape index (κ2) is 5.77. The fraction of sp³-hybridized carbons (Fsp3) is 0.438. The Morgan fingerprint density at radius 3 is 3.00 bits per heavy atom. The highest BCUT2D eigenvalue weighted by atomic mass is 16.5. The molecule has 0 aromatic heterocycles. The van der Waals surface area contributed by atoms with Gasteiger partial charge in [0.2, 0.25) is 0 Å². The molecule has 21 heavy (non-hydrogen) atoms. The molecule has 1 atom stereocenters. The molecule has 1 heterocycles. The monoisotopic (exact) mass is 288 g/mol. The maximum atomic E-state index is 12.3. The molecule has 1 aromatic rings. The first kappa shape index (κ1) is 13.9. The Labute approximate surface area is 124 Å². The van der Waals surface area contributed by atoms with E-state index in [1.54, 1.807) is 7.11 Å². The Bertz CT molecular complexity index is 579. The van der Waals surface area contributed by atoms with Gasteiger partial charge in [-0.15, -0.1) is 0 Å². The minimum Gasteiger partial charge on any atom is -0.493 e. The van der Waals surface area contributed by atoms with Gasteiger partial charge >= 0.3 is 0 Å². The summed E-state index contributed by atoms with van der Waals surface area (Å²) in [6.07, 6.45) is 4.16. The topological polar surface area (TPSA) is 73.6 Å². The highest BCUT2D eigenvalue weighted by molar-refractivity contribution is 5.99. The summed E-state index contributed by atoms with van der Waals surface area (Å²) in [5, 5.41) is 3.01. The van der Waals surface area contributed by atoms with Crippen molar-refractivity contribution in [1.29, 1.82) is 0 Å². The normalized spacial score (nSPS) is 18.1. The van der Waals surface area contributed by atoms with Crippen LogP contribution in [0.3, 0.4) is 0 Å². The smallest absolute Gasteiger partial charge is 0.250 e. The van der Waals surface area contributed by atoms with Crippen molar-refractivity contribution >= 4 is 12.0 Å². The van der Waals surface area contributed by atoms with Crippen LogP contribution in [0.5, 0.6) is 11.5 Å². The molecule has 1 amide bonds. The van der Waals surface area contributed by atoms with E-state index >= 15 is 0 Å². The molecule has 1 fully saturated rings. The molecule has 5 nitrogen and oxygen atoms in total. The number of nitrogens with one attached hydrogen (secondary N) is 1. The number of methoxy groups -OCH3 is 1. The third-order valence-electron chi connectivity index (χ3n) is 3.98. The summed E-state index contributed by atoms with van der Waals surface area (Å²) in [4.78, 5) is 12.3. The van der Waals surface area contributed by atoms with Crippen LogP contribution in [-0.4, -0.2) is 32.2 Å². The van der Waals surface area contributed by atoms with E-state index in [-0.39, 0.29) is 18.6 Å². The number of ether oxygens (including phenoxy) is 2. The Balaban J connectivity index is 1.76. The highest BCUT2D eigenvalue weighted by Crippen LogP contribution is 2.36. The van der Waals surface area contributed by atoms with Crippen molar-refractivity contribution < 1.29 is 14.3 Å². The highest BCUT2D eigenvalue weighted by Gasteiger charge is 2.32. The third kappa shape index (κ3) is 2.88. The van der Waals surface area contributed by atoms with E-state index in [2.05, 4.69) is 5.32 Å². The predicted octanol–water partition coefficient (Wildman–Crippen LogP) is 1.32. The molecule has 0 spiro atoms. The van der Waals surface area contributed by atoms with E-state index in [1.807, 2.05) is 24.3 Å². The minimum absolute atomic E-state index is 0.0742. The lowest BCUT2D eigenvalue weighted by atomic mass is 10.1. The Morgan fingerprint density at radius 2 is 2.33 bits per heavy atom. The number of hydrogen-bond donors (Lipinski definition) is 2. The van der Waals surface area contributed by atoms with Crippen molar-refractivity contribution in [2.45, 2.75) is 18.9 Å². The largest absolute Gasteiger partial charge is 0.493 e. The first-order valence-corrected chi connectivity index (χ1v) is 7.24. The maximum absolute atomic E-state index is 12.3. The lowest BCUT2D eigenvalue weighted by Crippen LogP contribution is -2.43. The zero-order chi connectivity index (χ0) is 14.8. The first-order chi connectivity index (χ1) is 10.2. The summed E-state index contributed by atoms with van der Waals surface area (Å²) in [6, 6.07) is 5.71. The van der Waals surface area contributed by atoms with Crippen LogP contribution in [0.25, 0.3) is 6.08 Å². The van der Waals surface area contributed by atoms with Gasteiger partial charge in [-0.05, 0) is 30.9 Å². The van der Waals surface area contributed by atoms with Crippen molar-refractivity contribution in [2.24, 2.45) is 11.7 Å². The average molecular weight is 288 g/mol. The number of nitrogens with two attached hydrogens (primary N) is 1. The van der Waals surface area contributed by atoms with Crippen molar-refractivity contribution in [2.75, 3.05) is 20.3 Å². The van der Waals surface area contributed by atoms with Crippen molar-refractivity contribution in [3.05, 3.63) is 29.3 Å². The summed E-state index contributed by atoms with van der Waals surface area (Å²) in [7, 11) is 1.60. The molecular weight excluding hydrogens is 268 g/mol. The van der Waals surface area contributed by atoms with Gasteiger partial charge in [0.05, 0.1) is 12.7 Å². The van der Waals surface area contributed by atoms with Gasteiger partial charge in [-0.25, -0.2) is 0 Å². The van der Waals surface area contributed by atoms with E-state index in [0.717, 1.165) is 18.4 Å². The third-order valence-corrected chi connectivity index (χ3v) is 3.98. The molecule has 1 unspecified atom stereocenters. The number of carbonyl (C=O) groups is 1. The fourth-order valence-corrected chi connectivity index (χ4v) is 2.60. The molecule has 1 aliphatic carbocycles. The van der Waals surface area contributed by atoms with Crippen LogP contribution in [0.1, 0.15) is 18.4 Å². The molecule has 2 aliphatic rings.